The first-order chi connectivity index (χ1) is 12.4. The van der Waals surface area contributed by atoms with Crippen LogP contribution in [0.3, 0.4) is 0 Å². The fourth-order valence-electron chi connectivity index (χ4n) is 3.54. The molecule has 2 rings (SSSR count). The summed E-state index contributed by atoms with van der Waals surface area (Å²) in [6, 6.07) is 10.3. The third-order valence-electron chi connectivity index (χ3n) is 5.58. The molecule has 1 aliphatic rings. The van der Waals surface area contributed by atoms with Gasteiger partial charge in [-0.3, -0.25) is 4.79 Å². The number of aliphatic carboxylic acids is 1. The molecule has 1 aromatic carbocycles. The van der Waals surface area contributed by atoms with Crippen LogP contribution in [0, 0.1) is 5.92 Å². The minimum atomic E-state index is -0.824. The van der Waals surface area contributed by atoms with Gasteiger partial charge in [0.1, 0.15) is 0 Å². The average Bonchev–Trinajstić information content (AvgIpc) is 3.16. The number of hydrogen-bond donors (Lipinski definition) is 3. The second-order valence-electron chi connectivity index (χ2n) is 7.19. The summed E-state index contributed by atoms with van der Waals surface area (Å²) >= 11 is 0. The van der Waals surface area contributed by atoms with Gasteiger partial charge in [-0.25, -0.2) is 4.79 Å². The number of carboxylic acids is 1. The molecule has 0 radical (unpaired) electrons. The number of benzene rings is 1. The lowest BCUT2D eigenvalue weighted by atomic mass is 9.90. The molecular formula is C20H31N3O3. The Balaban J connectivity index is 1.94. The lowest BCUT2D eigenvalue weighted by Crippen LogP contribution is -2.55. The fourth-order valence-corrected chi connectivity index (χ4v) is 3.54. The number of carboxylic acid groups (broad SMARTS) is 1. The number of likely N-dealkylation sites (tertiary alicyclic amines) is 1. The largest absolute Gasteiger partial charge is 0.481 e. The Morgan fingerprint density at radius 2 is 1.92 bits per heavy atom. The number of hydrogen-bond acceptors (Lipinski definition) is 3. The number of nitrogens with zero attached hydrogens (tertiary/aromatic N) is 1. The van der Waals surface area contributed by atoms with Crippen molar-refractivity contribution in [1.82, 2.24) is 15.5 Å². The maximum Gasteiger partial charge on any atom is 0.317 e. The highest BCUT2D eigenvalue weighted by Crippen LogP contribution is 2.22. The Morgan fingerprint density at radius 3 is 2.46 bits per heavy atom. The number of rotatable bonds is 8. The van der Waals surface area contributed by atoms with Gasteiger partial charge in [-0.15, -0.1) is 0 Å². The topological polar surface area (TPSA) is 81.7 Å². The van der Waals surface area contributed by atoms with Crippen LogP contribution >= 0.6 is 0 Å². The van der Waals surface area contributed by atoms with E-state index in [1.165, 1.54) is 5.56 Å². The van der Waals surface area contributed by atoms with Crippen LogP contribution in [0.25, 0.3) is 0 Å². The summed E-state index contributed by atoms with van der Waals surface area (Å²) in [5, 5.41) is 15.8. The van der Waals surface area contributed by atoms with E-state index < -0.39 is 11.9 Å². The van der Waals surface area contributed by atoms with E-state index in [2.05, 4.69) is 43.5 Å². The Kier molecular flexibility index (Phi) is 7.03. The van der Waals surface area contributed by atoms with E-state index in [4.69, 9.17) is 5.11 Å². The zero-order chi connectivity index (χ0) is 19.2. The average molecular weight is 361 g/mol. The number of nitrogens with one attached hydrogen (secondary N) is 2. The lowest BCUT2D eigenvalue weighted by molar-refractivity contribution is -0.141. The number of amides is 2. The Morgan fingerprint density at radius 1 is 1.27 bits per heavy atom. The summed E-state index contributed by atoms with van der Waals surface area (Å²) in [6.07, 6.45) is 2.30. The van der Waals surface area contributed by atoms with Gasteiger partial charge in [-0.1, -0.05) is 44.2 Å². The maximum atomic E-state index is 12.4. The van der Waals surface area contributed by atoms with Crippen LogP contribution in [0.15, 0.2) is 30.3 Å². The minimum Gasteiger partial charge on any atom is -0.481 e. The molecule has 26 heavy (non-hydrogen) atoms. The number of carbonyl (C=O) groups excluding carboxylic acids is 1. The van der Waals surface area contributed by atoms with Gasteiger partial charge in [0.15, 0.2) is 0 Å². The standard InChI is InChI=1S/C20H31N3O3/c1-4-20(5-2,22-15(3)16-9-7-6-8-10-16)14-21-19(26)23-12-11-17(13-23)18(24)25/h6-10,15,17,22H,4-5,11-14H2,1-3H3,(H,21,26)(H,24,25). The van der Waals surface area contributed by atoms with Crippen molar-refractivity contribution in [3.8, 4) is 0 Å². The van der Waals surface area contributed by atoms with Gasteiger partial charge in [0.2, 0.25) is 0 Å². The molecule has 0 saturated carbocycles. The molecule has 2 atom stereocenters. The van der Waals surface area contributed by atoms with Gasteiger partial charge in [0, 0.05) is 31.2 Å². The second-order valence-corrected chi connectivity index (χ2v) is 7.19. The van der Waals surface area contributed by atoms with Gasteiger partial charge in [-0.2, -0.15) is 0 Å². The Bertz CT molecular complexity index is 602. The van der Waals surface area contributed by atoms with Crippen LogP contribution in [0.2, 0.25) is 0 Å². The van der Waals surface area contributed by atoms with Gasteiger partial charge in [0.25, 0.3) is 0 Å². The van der Waals surface area contributed by atoms with E-state index in [1.807, 2.05) is 18.2 Å². The summed E-state index contributed by atoms with van der Waals surface area (Å²) in [5.74, 6) is -1.27. The summed E-state index contributed by atoms with van der Waals surface area (Å²) in [6.45, 7) is 7.69. The maximum absolute atomic E-state index is 12.4. The van der Waals surface area contributed by atoms with Crippen molar-refractivity contribution in [2.45, 2.75) is 51.6 Å². The van der Waals surface area contributed by atoms with Crippen molar-refractivity contribution in [3.63, 3.8) is 0 Å². The minimum absolute atomic E-state index is 0.172. The van der Waals surface area contributed by atoms with Crippen LogP contribution in [0.4, 0.5) is 4.79 Å². The number of urea groups is 1. The monoisotopic (exact) mass is 361 g/mol. The quantitative estimate of drug-likeness (QED) is 0.665. The first kappa shape index (κ1) is 20.2. The SMILES string of the molecule is CCC(CC)(CNC(=O)N1CCC(C(=O)O)C1)NC(C)c1ccccc1. The van der Waals surface area contributed by atoms with Crippen molar-refractivity contribution < 1.29 is 14.7 Å². The van der Waals surface area contributed by atoms with Crippen molar-refractivity contribution in [3.05, 3.63) is 35.9 Å². The van der Waals surface area contributed by atoms with E-state index in [-0.39, 0.29) is 17.6 Å². The normalized spacial score (nSPS) is 18.6. The van der Waals surface area contributed by atoms with E-state index in [9.17, 15) is 9.59 Å². The zero-order valence-corrected chi connectivity index (χ0v) is 16.0. The highest BCUT2D eigenvalue weighted by molar-refractivity contribution is 5.77. The molecule has 0 aliphatic carbocycles. The Hall–Kier alpha value is -2.08. The van der Waals surface area contributed by atoms with E-state index in [1.54, 1.807) is 4.90 Å². The molecule has 1 fully saturated rings. The van der Waals surface area contributed by atoms with Gasteiger partial charge in [-0.05, 0) is 31.7 Å². The highest BCUT2D eigenvalue weighted by Gasteiger charge is 2.33. The molecule has 0 bridgehead atoms. The molecule has 1 aliphatic heterocycles. The van der Waals surface area contributed by atoms with Crippen LogP contribution in [0.1, 0.15) is 51.6 Å². The molecule has 0 aromatic heterocycles. The predicted molar refractivity (Wildman–Crippen MR) is 102 cm³/mol. The molecule has 6 heteroatoms. The highest BCUT2D eigenvalue weighted by atomic mass is 16.4. The molecule has 1 aromatic rings. The number of carbonyl (C=O) groups is 2. The third-order valence-corrected chi connectivity index (χ3v) is 5.58. The van der Waals surface area contributed by atoms with E-state index >= 15 is 0 Å². The molecule has 3 N–H and O–H groups in total. The summed E-state index contributed by atoms with van der Waals surface area (Å²) in [5.41, 5.74) is 1.02. The van der Waals surface area contributed by atoms with Crippen molar-refractivity contribution >= 4 is 12.0 Å². The van der Waals surface area contributed by atoms with Crippen LogP contribution in [-0.4, -0.2) is 47.2 Å². The smallest absolute Gasteiger partial charge is 0.317 e. The summed E-state index contributed by atoms with van der Waals surface area (Å²) < 4.78 is 0. The molecule has 144 valence electrons. The molecule has 6 nitrogen and oxygen atoms in total. The molecule has 1 heterocycles. The van der Waals surface area contributed by atoms with Gasteiger partial charge < -0.3 is 20.6 Å². The van der Waals surface area contributed by atoms with E-state index in [0.717, 1.165) is 12.8 Å². The fraction of sp³-hybridized carbons (Fsp3) is 0.600. The van der Waals surface area contributed by atoms with Crippen LogP contribution < -0.4 is 10.6 Å². The van der Waals surface area contributed by atoms with Crippen LogP contribution in [-0.2, 0) is 4.79 Å². The zero-order valence-electron chi connectivity index (χ0n) is 16.0. The molecular weight excluding hydrogens is 330 g/mol. The summed E-state index contributed by atoms with van der Waals surface area (Å²) in [4.78, 5) is 25.1. The van der Waals surface area contributed by atoms with Gasteiger partial charge >= 0.3 is 12.0 Å². The Labute approximate surface area is 156 Å². The van der Waals surface area contributed by atoms with Crippen molar-refractivity contribution in [2.75, 3.05) is 19.6 Å². The molecule has 2 unspecified atom stereocenters. The first-order valence-electron chi connectivity index (χ1n) is 9.49. The molecule has 1 saturated heterocycles. The van der Waals surface area contributed by atoms with Crippen LogP contribution in [0.5, 0.6) is 0 Å². The third kappa shape index (κ3) is 4.97. The second kappa shape index (κ2) is 9.03. The van der Waals surface area contributed by atoms with Crippen molar-refractivity contribution in [1.29, 1.82) is 0 Å². The molecule has 2 amide bonds. The predicted octanol–water partition coefficient (Wildman–Crippen LogP) is 3.01. The molecule has 0 spiro atoms. The lowest BCUT2D eigenvalue weighted by Gasteiger charge is -2.37. The first-order valence-corrected chi connectivity index (χ1v) is 9.49. The van der Waals surface area contributed by atoms with Gasteiger partial charge in [0.05, 0.1) is 5.92 Å². The van der Waals surface area contributed by atoms with E-state index in [0.29, 0.717) is 26.1 Å². The summed E-state index contributed by atoms with van der Waals surface area (Å²) in [7, 11) is 0. The van der Waals surface area contributed by atoms with Crippen molar-refractivity contribution in [2.24, 2.45) is 5.92 Å².